The SMILES string of the molecule is CSCCc1cc(CO)no1. The Kier molecular flexibility index (Phi) is 3.45. The minimum atomic E-state index is -0.0389. The van der Waals surface area contributed by atoms with Crippen LogP contribution in [-0.4, -0.2) is 22.3 Å². The van der Waals surface area contributed by atoms with Crippen LogP contribution in [0.15, 0.2) is 10.6 Å². The van der Waals surface area contributed by atoms with Crippen LogP contribution in [0.5, 0.6) is 0 Å². The van der Waals surface area contributed by atoms with Crippen LogP contribution in [0, 0.1) is 0 Å². The van der Waals surface area contributed by atoms with E-state index in [-0.39, 0.29) is 6.61 Å². The second-order valence-corrected chi connectivity index (χ2v) is 3.17. The Labute approximate surface area is 69.8 Å². The lowest BCUT2D eigenvalue weighted by Gasteiger charge is -1.88. The average molecular weight is 173 g/mol. The van der Waals surface area contributed by atoms with E-state index < -0.39 is 0 Å². The molecule has 0 saturated carbocycles. The summed E-state index contributed by atoms with van der Waals surface area (Å²) >= 11 is 1.76. The van der Waals surface area contributed by atoms with Crippen LogP contribution >= 0.6 is 11.8 Å². The molecule has 0 spiro atoms. The number of aromatic nitrogens is 1. The lowest BCUT2D eigenvalue weighted by Crippen LogP contribution is -1.83. The van der Waals surface area contributed by atoms with Crippen molar-refractivity contribution in [2.24, 2.45) is 0 Å². The van der Waals surface area contributed by atoms with Crippen LogP contribution in [0.3, 0.4) is 0 Å². The average Bonchev–Trinajstić information content (AvgIpc) is 2.48. The Balaban J connectivity index is 2.44. The van der Waals surface area contributed by atoms with Gasteiger partial charge in [-0.05, 0) is 6.26 Å². The highest BCUT2D eigenvalue weighted by Gasteiger charge is 2.01. The van der Waals surface area contributed by atoms with Crippen LogP contribution in [-0.2, 0) is 13.0 Å². The van der Waals surface area contributed by atoms with Crippen LogP contribution < -0.4 is 0 Å². The zero-order valence-corrected chi connectivity index (χ0v) is 7.23. The number of thioether (sulfide) groups is 1. The van der Waals surface area contributed by atoms with Gasteiger partial charge >= 0.3 is 0 Å². The third-order valence-electron chi connectivity index (χ3n) is 1.32. The van der Waals surface area contributed by atoms with Crippen molar-refractivity contribution in [3.05, 3.63) is 17.5 Å². The maximum absolute atomic E-state index is 8.65. The van der Waals surface area contributed by atoms with Crippen molar-refractivity contribution in [2.45, 2.75) is 13.0 Å². The van der Waals surface area contributed by atoms with E-state index in [9.17, 15) is 0 Å². The first-order valence-electron chi connectivity index (χ1n) is 3.41. The van der Waals surface area contributed by atoms with Gasteiger partial charge in [-0.1, -0.05) is 5.16 Å². The quantitative estimate of drug-likeness (QED) is 0.740. The molecule has 0 radical (unpaired) electrons. The summed E-state index contributed by atoms with van der Waals surface area (Å²) in [6, 6.07) is 1.79. The van der Waals surface area contributed by atoms with Gasteiger partial charge in [0.1, 0.15) is 11.5 Å². The van der Waals surface area contributed by atoms with E-state index in [4.69, 9.17) is 9.63 Å². The van der Waals surface area contributed by atoms with Crippen LogP contribution in [0.4, 0.5) is 0 Å². The van der Waals surface area contributed by atoms with Crippen LogP contribution in [0.25, 0.3) is 0 Å². The summed E-state index contributed by atoms with van der Waals surface area (Å²) in [6.07, 6.45) is 2.93. The molecule has 0 aromatic carbocycles. The van der Waals surface area contributed by atoms with Crippen molar-refractivity contribution >= 4 is 11.8 Å². The highest BCUT2D eigenvalue weighted by molar-refractivity contribution is 7.98. The first-order valence-corrected chi connectivity index (χ1v) is 4.80. The topological polar surface area (TPSA) is 46.3 Å². The van der Waals surface area contributed by atoms with Gasteiger partial charge in [0.2, 0.25) is 0 Å². The summed E-state index contributed by atoms with van der Waals surface area (Å²) in [5.41, 5.74) is 0.612. The summed E-state index contributed by atoms with van der Waals surface area (Å²) in [4.78, 5) is 0. The number of aryl methyl sites for hydroxylation is 1. The van der Waals surface area contributed by atoms with Crippen LogP contribution in [0.1, 0.15) is 11.5 Å². The van der Waals surface area contributed by atoms with E-state index in [2.05, 4.69) is 5.16 Å². The van der Waals surface area contributed by atoms with Gasteiger partial charge in [-0.2, -0.15) is 11.8 Å². The maximum Gasteiger partial charge on any atom is 0.137 e. The van der Waals surface area contributed by atoms with E-state index in [1.807, 2.05) is 6.26 Å². The molecule has 1 N–H and O–H groups in total. The second kappa shape index (κ2) is 4.41. The molecule has 0 bridgehead atoms. The Morgan fingerprint density at radius 2 is 2.55 bits per heavy atom. The summed E-state index contributed by atoms with van der Waals surface area (Å²) < 4.78 is 4.93. The van der Waals surface area contributed by atoms with Gasteiger partial charge in [-0.3, -0.25) is 0 Å². The second-order valence-electron chi connectivity index (χ2n) is 2.19. The van der Waals surface area contributed by atoms with Crippen molar-refractivity contribution in [3.63, 3.8) is 0 Å². The minimum absolute atomic E-state index is 0.0389. The molecule has 11 heavy (non-hydrogen) atoms. The first kappa shape index (κ1) is 8.62. The van der Waals surface area contributed by atoms with E-state index in [1.165, 1.54) is 0 Å². The van der Waals surface area contributed by atoms with Crippen LogP contribution in [0.2, 0.25) is 0 Å². The Bertz CT molecular complexity index is 212. The molecule has 1 heterocycles. The van der Waals surface area contributed by atoms with E-state index in [0.29, 0.717) is 5.69 Å². The van der Waals surface area contributed by atoms with E-state index >= 15 is 0 Å². The molecule has 1 aromatic rings. The molecule has 1 aromatic heterocycles. The van der Waals surface area contributed by atoms with Gasteiger partial charge in [0.05, 0.1) is 6.61 Å². The largest absolute Gasteiger partial charge is 0.390 e. The fraction of sp³-hybridized carbons (Fsp3) is 0.571. The molecule has 0 unspecified atom stereocenters. The molecule has 0 aliphatic heterocycles. The van der Waals surface area contributed by atoms with Crippen molar-refractivity contribution in [3.8, 4) is 0 Å². The number of hydrogen-bond donors (Lipinski definition) is 1. The molecule has 4 heteroatoms. The predicted octanol–water partition coefficient (Wildman–Crippen LogP) is 1.07. The standard InChI is InChI=1S/C7H11NO2S/c1-11-3-2-7-4-6(5-9)8-10-7/h4,9H,2-3,5H2,1H3. The molecule has 3 nitrogen and oxygen atoms in total. The summed E-state index contributed by atoms with van der Waals surface area (Å²) in [5.74, 6) is 1.88. The Hall–Kier alpha value is -0.480. The fourth-order valence-corrected chi connectivity index (χ4v) is 1.16. The normalized spacial score (nSPS) is 10.4. The molecule has 0 atom stereocenters. The smallest absolute Gasteiger partial charge is 0.137 e. The molecular formula is C7H11NO2S. The van der Waals surface area contributed by atoms with Gasteiger partial charge in [0, 0.05) is 18.2 Å². The number of rotatable bonds is 4. The third kappa shape index (κ3) is 2.55. The van der Waals surface area contributed by atoms with E-state index in [0.717, 1.165) is 17.9 Å². The monoisotopic (exact) mass is 173 g/mol. The summed E-state index contributed by atoms with van der Waals surface area (Å²) in [6.45, 7) is -0.0389. The predicted molar refractivity (Wildman–Crippen MR) is 44.5 cm³/mol. The summed E-state index contributed by atoms with van der Waals surface area (Å²) in [5, 5.41) is 12.3. The van der Waals surface area contributed by atoms with Crippen molar-refractivity contribution in [2.75, 3.05) is 12.0 Å². The van der Waals surface area contributed by atoms with Crippen molar-refractivity contribution < 1.29 is 9.63 Å². The molecule has 0 fully saturated rings. The molecule has 0 amide bonds. The molecule has 1 rings (SSSR count). The number of hydrogen-bond acceptors (Lipinski definition) is 4. The van der Waals surface area contributed by atoms with E-state index in [1.54, 1.807) is 17.8 Å². The highest BCUT2D eigenvalue weighted by Crippen LogP contribution is 2.06. The van der Waals surface area contributed by atoms with Gasteiger partial charge < -0.3 is 9.63 Å². The maximum atomic E-state index is 8.65. The fourth-order valence-electron chi connectivity index (χ4n) is 0.751. The van der Waals surface area contributed by atoms with Gasteiger partial charge in [0.15, 0.2) is 0 Å². The first-order chi connectivity index (χ1) is 5.36. The van der Waals surface area contributed by atoms with Gasteiger partial charge in [-0.15, -0.1) is 0 Å². The number of nitrogens with zero attached hydrogens (tertiary/aromatic N) is 1. The lowest BCUT2D eigenvalue weighted by atomic mass is 10.3. The zero-order valence-electron chi connectivity index (χ0n) is 6.41. The molecule has 0 aliphatic rings. The molecule has 0 aliphatic carbocycles. The number of aliphatic hydroxyl groups is 1. The van der Waals surface area contributed by atoms with Crippen molar-refractivity contribution in [1.82, 2.24) is 5.16 Å². The van der Waals surface area contributed by atoms with Crippen molar-refractivity contribution in [1.29, 1.82) is 0 Å². The van der Waals surface area contributed by atoms with Gasteiger partial charge in [0.25, 0.3) is 0 Å². The lowest BCUT2D eigenvalue weighted by molar-refractivity contribution is 0.265. The molecular weight excluding hydrogens is 162 g/mol. The zero-order chi connectivity index (χ0) is 8.10. The number of aliphatic hydroxyl groups excluding tert-OH is 1. The Morgan fingerprint density at radius 1 is 1.73 bits per heavy atom. The molecule has 62 valence electrons. The molecule has 0 saturated heterocycles. The van der Waals surface area contributed by atoms with Gasteiger partial charge in [-0.25, -0.2) is 0 Å². The minimum Gasteiger partial charge on any atom is -0.390 e. The highest BCUT2D eigenvalue weighted by atomic mass is 32.2. The summed E-state index contributed by atoms with van der Waals surface area (Å²) in [7, 11) is 0. The third-order valence-corrected chi connectivity index (χ3v) is 1.93. The Morgan fingerprint density at radius 3 is 3.09 bits per heavy atom.